The molecule has 103 valence electrons. The molecule has 1 heterocycles. The molecule has 0 bridgehead atoms. The lowest BCUT2D eigenvalue weighted by molar-refractivity contribution is -0.146. The molecule has 1 rings (SSSR count). The Morgan fingerprint density at radius 1 is 1.28 bits per heavy atom. The monoisotopic (exact) mass is 252 g/mol. The maximum absolute atomic E-state index is 12.1. The zero-order valence-electron chi connectivity index (χ0n) is 12.9. The van der Waals surface area contributed by atoms with Gasteiger partial charge >= 0.3 is 5.97 Å². The summed E-state index contributed by atoms with van der Waals surface area (Å²) in [6.07, 6.45) is 0.865. The van der Waals surface area contributed by atoms with Crippen LogP contribution in [0.1, 0.15) is 54.9 Å². The van der Waals surface area contributed by atoms with Gasteiger partial charge in [-0.05, 0) is 26.7 Å². The van der Waals surface area contributed by atoms with Crippen LogP contribution in [0.4, 0.5) is 0 Å². The molecule has 1 saturated heterocycles. The van der Waals surface area contributed by atoms with E-state index >= 15 is 0 Å². The lowest BCUT2D eigenvalue weighted by atomic mass is 9.71. The first-order valence-electron chi connectivity index (χ1n) is 6.97. The van der Waals surface area contributed by atoms with E-state index in [9.17, 15) is 4.79 Å². The van der Waals surface area contributed by atoms with Crippen molar-refractivity contribution >= 4 is 13.4 Å². The van der Waals surface area contributed by atoms with Crippen molar-refractivity contribution in [2.75, 3.05) is 0 Å². The topological polar surface area (TPSA) is 29.5 Å². The van der Waals surface area contributed by atoms with Crippen LogP contribution in [0.2, 0.25) is 5.82 Å². The molecule has 18 heavy (non-hydrogen) atoms. The summed E-state index contributed by atoms with van der Waals surface area (Å²) in [5.74, 6) is 0.746. The number of rotatable bonds is 4. The highest BCUT2D eigenvalue weighted by molar-refractivity contribution is 6.34. The minimum atomic E-state index is -0.125. The SMILES string of the molecule is CC(C)[B]N(C1CC(C(C)C)OC1=O)C(C)(C)C. The second-order valence-electron chi connectivity index (χ2n) is 6.94. The highest BCUT2D eigenvalue weighted by Crippen LogP contribution is 2.30. The Hall–Kier alpha value is -0.505. The van der Waals surface area contributed by atoms with E-state index in [2.05, 4.69) is 60.7 Å². The first-order chi connectivity index (χ1) is 8.12. The number of carbonyl (C=O) groups excluding carboxylic acids is 1. The summed E-state index contributed by atoms with van der Waals surface area (Å²) in [7, 11) is 2.16. The molecule has 0 saturated carbocycles. The third kappa shape index (κ3) is 3.74. The van der Waals surface area contributed by atoms with Crippen LogP contribution in [0, 0.1) is 5.92 Å². The Kier molecular flexibility index (Phi) is 4.87. The van der Waals surface area contributed by atoms with E-state index in [0.29, 0.717) is 11.7 Å². The Morgan fingerprint density at radius 3 is 2.17 bits per heavy atom. The van der Waals surface area contributed by atoms with Crippen LogP contribution < -0.4 is 0 Å². The number of nitrogens with zero attached hydrogens (tertiary/aromatic N) is 1. The first-order valence-corrected chi connectivity index (χ1v) is 6.97. The van der Waals surface area contributed by atoms with Crippen LogP contribution in [0.25, 0.3) is 0 Å². The van der Waals surface area contributed by atoms with Crippen molar-refractivity contribution in [1.29, 1.82) is 0 Å². The number of carbonyl (C=O) groups is 1. The lowest BCUT2D eigenvalue weighted by Gasteiger charge is -2.39. The number of hydrogen-bond donors (Lipinski definition) is 0. The molecule has 0 aliphatic carbocycles. The van der Waals surface area contributed by atoms with E-state index in [1.807, 2.05) is 0 Å². The van der Waals surface area contributed by atoms with E-state index < -0.39 is 0 Å². The quantitative estimate of drug-likeness (QED) is 0.569. The van der Waals surface area contributed by atoms with Gasteiger partial charge in [-0.2, -0.15) is 0 Å². The molecule has 4 heteroatoms. The molecule has 1 aliphatic heterocycles. The summed E-state index contributed by atoms with van der Waals surface area (Å²) in [6.45, 7) is 14.9. The van der Waals surface area contributed by atoms with E-state index in [1.54, 1.807) is 0 Å². The predicted molar refractivity (Wildman–Crippen MR) is 75.6 cm³/mol. The van der Waals surface area contributed by atoms with Crippen molar-refractivity contribution in [2.45, 2.75) is 78.4 Å². The minimum absolute atomic E-state index is 0.0557. The number of hydrogen-bond acceptors (Lipinski definition) is 3. The van der Waals surface area contributed by atoms with Crippen molar-refractivity contribution in [3.05, 3.63) is 0 Å². The Morgan fingerprint density at radius 2 is 1.83 bits per heavy atom. The number of ether oxygens (including phenoxy) is 1. The third-order valence-corrected chi connectivity index (χ3v) is 3.31. The molecule has 1 aliphatic rings. The lowest BCUT2D eigenvalue weighted by Crippen LogP contribution is -2.52. The van der Waals surface area contributed by atoms with Crippen molar-refractivity contribution in [1.82, 2.24) is 4.81 Å². The number of esters is 1. The molecule has 0 aromatic heterocycles. The van der Waals surface area contributed by atoms with E-state index in [1.165, 1.54) is 0 Å². The molecule has 1 radical (unpaired) electrons. The van der Waals surface area contributed by atoms with Crippen molar-refractivity contribution in [2.24, 2.45) is 5.92 Å². The van der Waals surface area contributed by atoms with Gasteiger partial charge in [0.25, 0.3) is 0 Å². The summed E-state index contributed by atoms with van der Waals surface area (Å²) in [5.41, 5.74) is -0.0557. The minimum Gasteiger partial charge on any atom is -0.461 e. The van der Waals surface area contributed by atoms with Gasteiger partial charge in [0.05, 0.1) is 0 Å². The van der Waals surface area contributed by atoms with Gasteiger partial charge in [-0.15, -0.1) is 0 Å². The van der Waals surface area contributed by atoms with Crippen molar-refractivity contribution < 1.29 is 9.53 Å². The summed E-state index contributed by atoms with van der Waals surface area (Å²) in [6, 6.07) is -0.125. The number of cyclic esters (lactones) is 1. The second-order valence-corrected chi connectivity index (χ2v) is 6.94. The summed E-state index contributed by atoms with van der Waals surface area (Å²) in [4.78, 5) is 14.3. The maximum Gasteiger partial charge on any atom is 0.322 e. The largest absolute Gasteiger partial charge is 0.461 e. The third-order valence-electron chi connectivity index (χ3n) is 3.31. The van der Waals surface area contributed by atoms with Gasteiger partial charge in [0.2, 0.25) is 7.41 Å². The maximum atomic E-state index is 12.1. The van der Waals surface area contributed by atoms with Gasteiger partial charge < -0.3 is 9.55 Å². The summed E-state index contributed by atoms with van der Waals surface area (Å²) < 4.78 is 5.49. The van der Waals surface area contributed by atoms with Crippen LogP contribution in [0.3, 0.4) is 0 Å². The van der Waals surface area contributed by atoms with Crippen LogP contribution in [0.5, 0.6) is 0 Å². The van der Waals surface area contributed by atoms with Crippen LogP contribution in [-0.2, 0) is 9.53 Å². The second kappa shape index (κ2) is 5.64. The van der Waals surface area contributed by atoms with E-state index in [4.69, 9.17) is 4.74 Å². The summed E-state index contributed by atoms with van der Waals surface area (Å²) >= 11 is 0. The molecule has 0 N–H and O–H groups in total. The standard InChI is InChI=1S/C14H27BNO2/c1-9(2)12-8-11(13(17)18-12)16(14(5,6)7)15-10(3)4/h9-12H,8H2,1-7H3. The highest BCUT2D eigenvalue weighted by atomic mass is 16.6. The molecule has 2 unspecified atom stereocenters. The average molecular weight is 252 g/mol. The van der Waals surface area contributed by atoms with E-state index in [0.717, 1.165) is 6.42 Å². The molecule has 0 aromatic carbocycles. The molecular weight excluding hydrogens is 225 g/mol. The van der Waals surface area contributed by atoms with Gasteiger partial charge in [0.1, 0.15) is 12.1 Å². The van der Waals surface area contributed by atoms with Crippen LogP contribution in [-0.4, -0.2) is 35.9 Å². The van der Waals surface area contributed by atoms with Gasteiger partial charge in [-0.1, -0.05) is 33.5 Å². The molecular formula is C14H27BNO2. The van der Waals surface area contributed by atoms with Crippen LogP contribution >= 0.6 is 0 Å². The highest BCUT2D eigenvalue weighted by Gasteiger charge is 2.43. The van der Waals surface area contributed by atoms with Gasteiger partial charge in [0, 0.05) is 12.0 Å². The fraction of sp³-hybridized carbons (Fsp3) is 0.929. The Labute approximate surface area is 113 Å². The fourth-order valence-electron chi connectivity index (χ4n) is 2.34. The first kappa shape index (κ1) is 15.6. The van der Waals surface area contributed by atoms with Gasteiger partial charge in [0.15, 0.2) is 0 Å². The normalized spacial score (nSPS) is 25.1. The van der Waals surface area contributed by atoms with Gasteiger partial charge in [-0.3, -0.25) is 4.79 Å². The predicted octanol–water partition coefficient (Wildman–Crippen LogP) is 2.87. The molecule has 0 amide bonds. The zero-order valence-corrected chi connectivity index (χ0v) is 12.9. The Bertz CT molecular complexity index is 297. The molecule has 0 aromatic rings. The molecule has 1 fully saturated rings. The van der Waals surface area contributed by atoms with Crippen molar-refractivity contribution in [3.8, 4) is 0 Å². The zero-order chi connectivity index (χ0) is 14.1. The Balaban J connectivity index is 2.84. The van der Waals surface area contributed by atoms with Crippen LogP contribution in [0.15, 0.2) is 0 Å². The fourth-order valence-corrected chi connectivity index (χ4v) is 2.34. The van der Waals surface area contributed by atoms with Gasteiger partial charge in [-0.25, -0.2) is 0 Å². The molecule has 3 nitrogen and oxygen atoms in total. The summed E-state index contributed by atoms with van der Waals surface area (Å²) in [5, 5.41) is 0. The molecule has 2 atom stereocenters. The average Bonchev–Trinajstić information content (AvgIpc) is 2.55. The van der Waals surface area contributed by atoms with Crippen molar-refractivity contribution in [3.63, 3.8) is 0 Å². The smallest absolute Gasteiger partial charge is 0.322 e. The van der Waals surface area contributed by atoms with E-state index in [-0.39, 0.29) is 23.7 Å². The molecule has 0 spiro atoms.